The van der Waals surface area contributed by atoms with Crippen LogP contribution in [0.4, 0.5) is 0 Å². The molecule has 3 N–H and O–H groups in total. The molecule has 0 atom stereocenters. The van der Waals surface area contributed by atoms with Crippen molar-refractivity contribution in [3.05, 3.63) is 58.4 Å². The molecule has 2 amide bonds. The van der Waals surface area contributed by atoms with Crippen molar-refractivity contribution in [2.45, 2.75) is 33.4 Å². The van der Waals surface area contributed by atoms with Gasteiger partial charge >= 0.3 is 0 Å². The molecular formula is C24H29N5O4S. The van der Waals surface area contributed by atoms with E-state index in [2.05, 4.69) is 20.8 Å². The van der Waals surface area contributed by atoms with Crippen molar-refractivity contribution >= 4 is 24.0 Å². The van der Waals surface area contributed by atoms with E-state index < -0.39 is 0 Å². The fourth-order valence-electron chi connectivity index (χ4n) is 3.28. The van der Waals surface area contributed by atoms with E-state index in [1.54, 1.807) is 12.1 Å². The summed E-state index contributed by atoms with van der Waals surface area (Å²) in [6.45, 7) is 5.04. The van der Waals surface area contributed by atoms with Crippen molar-refractivity contribution in [3.8, 4) is 22.9 Å². The highest BCUT2D eigenvalue weighted by atomic mass is 32.1. The van der Waals surface area contributed by atoms with Crippen LogP contribution in [0.15, 0.2) is 42.5 Å². The van der Waals surface area contributed by atoms with E-state index in [-0.39, 0.29) is 24.8 Å². The second kappa shape index (κ2) is 12.0. The average Bonchev–Trinajstić information content (AvgIpc) is 3.21. The lowest BCUT2D eigenvalue weighted by Gasteiger charge is -2.13. The van der Waals surface area contributed by atoms with Crippen molar-refractivity contribution in [1.29, 1.82) is 0 Å². The number of carbonyl (C=O) groups excluding carboxylic acids is 2. The van der Waals surface area contributed by atoms with Gasteiger partial charge in [-0.3, -0.25) is 19.3 Å². The highest BCUT2D eigenvalue weighted by molar-refractivity contribution is 7.71. The van der Waals surface area contributed by atoms with Gasteiger partial charge in [-0.05, 0) is 43.8 Å². The Bertz CT molecular complexity index is 1190. The van der Waals surface area contributed by atoms with E-state index in [4.69, 9.17) is 21.7 Å². The fraction of sp³-hybridized carbons (Fsp3) is 0.333. The first-order valence-electron chi connectivity index (χ1n) is 11.0. The van der Waals surface area contributed by atoms with E-state index in [1.165, 1.54) is 7.11 Å². The molecule has 0 aliphatic rings. The molecule has 0 aliphatic carbocycles. The predicted molar refractivity (Wildman–Crippen MR) is 131 cm³/mol. The van der Waals surface area contributed by atoms with Crippen molar-refractivity contribution in [1.82, 2.24) is 25.4 Å². The van der Waals surface area contributed by atoms with Gasteiger partial charge in [0.05, 0.1) is 7.11 Å². The van der Waals surface area contributed by atoms with Gasteiger partial charge in [-0.2, -0.15) is 5.10 Å². The lowest BCUT2D eigenvalue weighted by Crippen LogP contribution is -2.28. The smallest absolute Gasteiger partial charge is 0.257 e. The Labute approximate surface area is 203 Å². The maximum atomic E-state index is 12.5. The molecule has 3 aromatic rings. The first-order chi connectivity index (χ1) is 16.4. The van der Waals surface area contributed by atoms with Crippen LogP contribution < -0.4 is 20.1 Å². The van der Waals surface area contributed by atoms with Crippen LogP contribution >= 0.6 is 12.2 Å². The number of ether oxygens (including phenoxy) is 2. The van der Waals surface area contributed by atoms with Crippen LogP contribution in [0.1, 0.15) is 24.5 Å². The van der Waals surface area contributed by atoms with Crippen molar-refractivity contribution < 1.29 is 19.1 Å². The van der Waals surface area contributed by atoms with E-state index >= 15 is 0 Å². The predicted octanol–water partition coefficient (Wildman–Crippen LogP) is 3.15. The van der Waals surface area contributed by atoms with Gasteiger partial charge in [0.25, 0.3) is 5.91 Å². The average molecular weight is 484 g/mol. The number of likely N-dealkylation sites (N-methyl/N-ethyl adjacent to an activating group) is 1. The molecule has 34 heavy (non-hydrogen) atoms. The molecule has 0 unspecified atom stereocenters. The number of carbonyl (C=O) groups is 2. The zero-order valence-electron chi connectivity index (χ0n) is 19.5. The molecule has 10 heteroatoms. The molecule has 0 radical (unpaired) electrons. The number of aromatic amines is 1. The standard InChI is InChI=1S/C24H29N5O4S/c1-4-25-22(31)15-33-19-10-7-17(13-20(19)32-3)14-26-21(30)11-12-29-23(27-28-24(29)34)18-8-5-16(2)6-9-18/h5-10,13H,4,11-12,14-15H2,1-3H3,(H,25,31)(H,26,30)(H,28,34). The van der Waals surface area contributed by atoms with E-state index in [1.807, 2.05) is 48.7 Å². The summed E-state index contributed by atoms with van der Waals surface area (Å²) < 4.78 is 13.2. The Morgan fingerprint density at radius 2 is 1.85 bits per heavy atom. The number of nitrogens with one attached hydrogen (secondary N) is 3. The minimum atomic E-state index is -0.204. The summed E-state index contributed by atoms with van der Waals surface area (Å²) in [5.41, 5.74) is 2.93. The summed E-state index contributed by atoms with van der Waals surface area (Å²) in [5, 5.41) is 12.7. The van der Waals surface area contributed by atoms with Gasteiger partial charge in [-0.25, -0.2) is 0 Å². The fourth-order valence-corrected chi connectivity index (χ4v) is 3.51. The highest BCUT2D eigenvalue weighted by Crippen LogP contribution is 2.28. The maximum Gasteiger partial charge on any atom is 0.257 e. The van der Waals surface area contributed by atoms with Gasteiger partial charge in [-0.1, -0.05) is 35.9 Å². The Balaban J connectivity index is 1.56. The third-order valence-corrected chi connectivity index (χ3v) is 5.39. The minimum Gasteiger partial charge on any atom is -0.493 e. The Hall–Kier alpha value is -3.66. The summed E-state index contributed by atoms with van der Waals surface area (Å²) in [5.74, 6) is 1.33. The van der Waals surface area contributed by atoms with E-state index in [9.17, 15) is 9.59 Å². The summed E-state index contributed by atoms with van der Waals surface area (Å²) in [6, 6.07) is 13.3. The number of methoxy groups -OCH3 is 1. The monoisotopic (exact) mass is 483 g/mol. The molecule has 0 spiro atoms. The normalized spacial score (nSPS) is 10.6. The summed E-state index contributed by atoms with van der Waals surface area (Å²) >= 11 is 5.35. The van der Waals surface area contributed by atoms with Crippen molar-refractivity contribution in [2.24, 2.45) is 0 Å². The maximum absolute atomic E-state index is 12.5. The lowest BCUT2D eigenvalue weighted by molar-refractivity contribution is -0.123. The third kappa shape index (κ3) is 6.67. The number of hydrogen-bond donors (Lipinski definition) is 3. The first-order valence-corrected chi connectivity index (χ1v) is 11.4. The molecule has 180 valence electrons. The lowest BCUT2D eigenvalue weighted by atomic mass is 10.1. The molecule has 2 aromatic carbocycles. The van der Waals surface area contributed by atoms with Crippen molar-refractivity contribution in [2.75, 3.05) is 20.3 Å². The van der Waals surface area contributed by atoms with Crippen LogP contribution in [-0.2, 0) is 22.7 Å². The summed E-state index contributed by atoms with van der Waals surface area (Å²) in [4.78, 5) is 24.1. The summed E-state index contributed by atoms with van der Waals surface area (Å²) in [7, 11) is 1.52. The number of nitrogens with zero attached hydrogens (tertiary/aromatic N) is 2. The van der Waals surface area contributed by atoms with Gasteiger partial charge in [0.2, 0.25) is 5.91 Å². The zero-order valence-corrected chi connectivity index (χ0v) is 20.3. The number of hydrogen-bond acceptors (Lipinski definition) is 6. The molecule has 0 saturated heterocycles. The third-order valence-electron chi connectivity index (χ3n) is 5.08. The summed E-state index contributed by atoms with van der Waals surface area (Å²) in [6.07, 6.45) is 0.248. The molecule has 1 aromatic heterocycles. The minimum absolute atomic E-state index is 0.0959. The molecule has 0 bridgehead atoms. The number of H-pyrrole nitrogens is 1. The molecule has 0 aliphatic heterocycles. The van der Waals surface area contributed by atoms with E-state index in [0.29, 0.717) is 41.7 Å². The Kier molecular flexibility index (Phi) is 8.80. The largest absolute Gasteiger partial charge is 0.493 e. The number of benzene rings is 2. The molecule has 9 nitrogen and oxygen atoms in total. The topological polar surface area (TPSA) is 110 Å². The van der Waals surface area contributed by atoms with Gasteiger partial charge in [0.1, 0.15) is 0 Å². The number of rotatable bonds is 11. The number of amides is 2. The van der Waals surface area contributed by atoms with Gasteiger partial charge in [-0.15, -0.1) is 0 Å². The quantitative estimate of drug-likeness (QED) is 0.362. The van der Waals surface area contributed by atoms with Gasteiger partial charge in [0, 0.05) is 31.6 Å². The van der Waals surface area contributed by atoms with Gasteiger partial charge < -0.3 is 20.1 Å². The number of aryl methyl sites for hydroxylation is 1. The molecule has 3 rings (SSSR count). The molecule has 0 fully saturated rings. The van der Waals surface area contributed by atoms with Crippen LogP contribution in [0.25, 0.3) is 11.4 Å². The SMILES string of the molecule is CCNC(=O)COc1ccc(CNC(=O)CCn2c(-c3ccc(C)cc3)n[nH]c2=S)cc1OC. The Morgan fingerprint density at radius 3 is 2.56 bits per heavy atom. The van der Waals surface area contributed by atoms with Crippen LogP contribution in [0.3, 0.4) is 0 Å². The first kappa shape index (κ1) is 25.0. The second-order valence-electron chi connectivity index (χ2n) is 7.62. The molecular weight excluding hydrogens is 454 g/mol. The van der Waals surface area contributed by atoms with Crippen LogP contribution in [0, 0.1) is 11.7 Å². The second-order valence-corrected chi connectivity index (χ2v) is 8.01. The van der Waals surface area contributed by atoms with Crippen LogP contribution in [0.2, 0.25) is 0 Å². The molecule has 1 heterocycles. The highest BCUT2D eigenvalue weighted by Gasteiger charge is 2.12. The number of aromatic nitrogens is 3. The van der Waals surface area contributed by atoms with Gasteiger partial charge in [0.15, 0.2) is 28.7 Å². The van der Waals surface area contributed by atoms with Crippen molar-refractivity contribution in [3.63, 3.8) is 0 Å². The molecule has 0 saturated carbocycles. The zero-order chi connectivity index (χ0) is 24.5. The van der Waals surface area contributed by atoms with E-state index in [0.717, 1.165) is 16.7 Å². The van der Waals surface area contributed by atoms with Crippen LogP contribution in [0.5, 0.6) is 11.5 Å². The Morgan fingerprint density at radius 1 is 1.09 bits per heavy atom. The van der Waals surface area contributed by atoms with Crippen LogP contribution in [-0.4, -0.2) is 46.8 Å².